The highest BCUT2D eigenvalue weighted by Crippen LogP contribution is 2.12. The monoisotopic (exact) mass is 350 g/mol. The summed E-state index contributed by atoms with van der Waals surface area (Å²) in [6.45, 7) is -3.25. The summed E-state index contributed by atoms with van der Waals surface area (Å²) in [5, 5.41) is 90.0. The number of hydrogen-bond acceptors (Lipinski definition) is 12. The smallest absolute Gasteiger partial charge is 0.400 e. The molecular weight excluding hydrogens is 323 g/mol. The molecule has 0 aliphatic heterocycles. The molecule has 0 spiro atoms. The van der Waals surface area contributed by atoms with Crippen molar-refractivity contribution in [3.8, 4) is 0 Å². The molecule has 0 saturated carbocycles. The molecule has 0 amide bonds. The van der Waals surface area contributed by atoms with Crippen molar-refractivity contribution in [1.29, 1.82) is 0 Å². The molecule has 0 radical (unpaired) electrons. The summed E-state index contributed by atoms with van der Waals surface area (Å²) in [7, 11) is -2.06. The van der Waals surface area contributed by atoms with Crippen LogP contribution in [0.25, 0.3) is 0 Å². The van der Waals surface area contributed by atoms with Gasteiger partial charge in [0.1, 0.15) is 0 Å². The highest BCUT2D eigenvalue weighted by molar-refractivity contribution is 6.32. The van der Waals surface area contributed by atoms with Gasteiger partial charge in [-0.25, -0.2) is 4.81 Å². The molecular formula is C10H27BO12. The maximum Gasteiger partial charge on any atom is 0.662 e. The lowest BCUT2D eigenvalue weighted by Crippen LogP contribution is -2.37. The number of rotatable bonds is 9. The van der Waals surface area contributed by atoms with E-state index in [9.17, 15) is 0 Å². The van der Waals surface area contributed by atoms with Crippen molar-refractivity contribution < 1.29 is 61.0 Å². The highest BCUT2D eigenvalue weighted by atomic mass is 17.1. The predicted molar refractivity (Wildman–Crippen MR) is 75.5 cm³/mol. The molecule has 0 heterocycles. The topological polar surface area (TPSA) is 232 Å². The zero-order chi connectivity index (χ0) is 18.9. The fourth-order valence-electron chi connectivity index (χ4n) is 0.600. The summed E-state index contributed by atoms with van der Waals surface area (Å²) < 4.78 is 0. The van der Waals surface area contributed by atoms with Gasteiger partial charge in [-0.05, 0) is 0 Å². The van der Waals surface area contributed by atoms with Crippen LogP contribution in [0.2, 0.25) is 0 Å². The summed E-state index contributed by atoms with van der Waals surface area (Å²) in [5.74, 6) is 0. The SMILES string of the molecule is OCC(CO)(CO)CO.OCC(CO)(CO)CO.OOB(O)O. The van der Waals surface area contributed by atoms with Crippen molar-refractivity contribution in [2.24, 2.45) is 10.8 Å². The van der Waals surface area contributed by atoms with Gasteiger partial charge in [-0.2, -0.15) is 0 Å². The van der Waals surface area contributed by atoms with Crippen molar-refractivity contribution in [3.63, 3.8) is 0 Å². The Morgan fingerprint density at radius 1 is 0.522 bits per heavy atom. The molecule has 0 rings (SSSR count). The second kappa shape index (κ2) is 16.4. The van der Waals surface area contributed by atoms with Gasteiger partial charge in [0.25, 0.3) is 0 Å². The van der Waals surface area contributed by atoms with Crippen LogP contribution in [-0.4, -0.2) is 116 Å². The Labute approximate surface area is 133 Å². The van der Waals surface area contributed by atoms with Crippen LogP contribution in [0.15, 0.2) is 0 Å². The first-order chi connectivity index (χ1) is 10.8. The summed E-state index contributed by atoms with van der Waals surface area (Å²) >= 11 is 0. The molecule has 0 fully saturated rings. The zero-order valence-corrected chi connectivity index (χ0v) is 12.6. The van der Waals surface area contributed by atoms with Crippen LogP contribution < -0.4 is 0 Å². The summed E-state index contributed by atoms with van der Waals surface area (Å²) in [4.78, 5) is 2.86. The van der Waals surface area contributed by atoms with Gasteiger partial charge in [0.15, 0.2) is 0 Å². The van der Waals surface area contributed by atoms with Crippen LogP contribution in [0.3, 0.4) is 0 Å². The minimum Gasteiger partial charge on any atom is -0.400 e. The highest BCUT2D eigenvalue weighted by Gasteiger charge is 2.27. The quantitative estimate of drug-likeness (QED) is 0.106. The van der Waals surface area contributed by atoms with Crippen LogP contribution in [0.5, 0.6) is 0 Å². The molecule has 0 saturated heterocycles. The normalized spacial score (nSPS) is 11.1. The van der Waals surface area contributed by atoms with Crippen LogP contribution in [0.1, 0.15) is 0 Å². The molecule has 0 aromatic carbocycles. The van der Waals surface area contributed by atoms with E-state index in [1.54, 1.807) is 0 Å². The Balaban J connectivity index is -0.000000273. The van der Waals surface area contributed by atoms with E-state index in [0.29, 0.717) is 0 Å². The van der Waals surface area contributed by atoms with E-state index in [2.05, 4.69) is 4.81 Å². The molecule has 0 atom stereocenters. The first-order valence-electron chi connectivity index (χ1n) is 6.29. The van der Waals surface area contributed by atoms with Crippen molar-refractivity contribution in [3.05, 3.63) is 0 Å². The van der Waals surface area contributed by atoms with Gasteiger partial charge in [-0.1, -0.05) is 0 Å². The van der Waals surface area contributed by atoms with Gasteiger partial charge in [0.05, 0.1) is 63.7 Å². The van der Waals surface area contributed by atoms with Crippen molar-refractivity contribution >= 4 is 7.32 Å². The summed E-state index contributed by atoms with van der Waals surface area (Å²) in [5.41, 5.74) is -2.22. The van der Waals surface area contributed by atoms with Crippen molar-refractivity contribution in [2.45, 2.75) is 0 Å². The van der Waals surface area contributed by atoms with Crippen LogP contribution in [0.4, 0.5) is 0 Å². The van der Waals surface area contributed by atoms with Gasteiger partial charge in [0.2, 0.25) is 0 Å². The Morgan fingerprint density at radius 2 is 0.652 bits per heavy atom. The Bertz CT molecular complexity index is 179. The average molecular weight is 350 g/mol. The number of aliphatic hydroxyl groups is 8. The third kappa shape index (κ3) is 12.6. The van der Waals surface area contributed by atoms with Gasteiger partial charge < -0.3 is 50.9 Å². The van der Waals surface area contributed by atoms with Crippen molar-refractivity contribution in [1.82, 2.24) is 0 Å². The average Bonchev–Trinajstić information content (AvgIpc) is 2.61. The molecule has 0 aromatic heterocycles. The minimum atomic E-state index is -2.06. The van der Waals surface area contributed by atoms with E-state index in [-0.39, 0.29) is 0 Å². The van der Waals surface area contributed by atoms with Crippen LogP contribution in [-0.2, 0) is 4.81 Å². The maximum atomic E-state index is 8.50. The first-order valence-corrected chi connectivity index (χ1v) is 6.29. The molecule has 0 aromatic rings. The molecule has 23 heavy (non-hydrogen) atoms. The maximum absolute atomic E-state index is 8.50. The second-order valence-electron chi connectivity index (χ2n) is 4.70. The molecule has 142 valence electrons. The van der Waals surface area contributed by atoms with Gasteiger partial charge in [0, 0.05) is 0 Å². The van der Waals surface area contributed by atoms with Crippen LogP contribution >= 0.6 is 0 Å². The summed E-state index contributed by atoms with van der Waals surface area (Å²) in [6.07, 6.45) is 0. The van der Waals surface area contributed by atoms with E-state index >= 15 is 0 Å². The third-order valence-electron chi connectivity index (χ3n) is 2.78. The Hall–Kier alpha value is -0.415. The van der Waals surface area contributed by atoms with Gasteiger partial charge in [-0.3, -0.25) is 5.26 Å². The zero-order valence-electron chi connectivity index (χ0n) is 12.6. The van der Waals surface area contributed by atoms with E-state index in [1.807, 2.05) is 0 Å². The van der Waals surface area contributed by atoms with E-state index in [1.165, 1.54) is 0 Å². The lowest BCUT2D eigenvalue weighted by molar-refractivity contribution is -0.173. The van der Waals surface area contributed by atoms with Gasteiger partial charge >= 0.3 is 7.32 Å². The molecule has 0 aliphatic rings. The van der Waals surface area contributed by atoms with Crippen molar-refractivity contribution in [2.75, 3.05) is 52.9 Å². The Morgan fingerprint density at radius 3 is 0.652 bits per heavy atom. The van der Waals surface area contributed by atoms with E-state index in [4.69, 9.17) is 56.2 Å². The minimum absolute atomic E-state index is 0.406. The molecule has 0 bridgehead atoms. The lowest BCUT2D eigenvalue weighted by Gasteiger charge is -2.23. The standard InChI is InChI=1S/2C5H12O4.BH3O4/c2*6-1-5(2-7,3-8)4-9;2-1(3)5-4/h2*6-9H,1-4H2;2-4H. The fourth-order valence-corrected chi connectivity index (χ4v) is 0.600. The molecule has 0 unspecified atom stereocenters. The molecule has 11 N–H and O–H groups in total. The molecule has 12 nitrogen and oxygen atoms in total. The van der Waals surface area contributed by atoms with E-state index < -0.39 is 71.0 Å². The second-order valence-corrected chi connectivity index (χ2v) is 4.70. The third-order valence-corrected chi connectivity index (χ3v) is 2.78. The fraction of sp³-hybridized carbons (Fsp3) is 1.00. The number of hydrogen-bond donors (Lipinski definition) is 11. The van der Waals surface area contributed by atoms with E-state index in [0.717, 1.165) is 0 Å². The number of aliphatic hydroxyl groups excluding tert-OH is 8. The van der Waals surface area contributed by atoms with Crippen LogP contribution in [0, 0.1) is 10.8 Å². The Kier molecular flexibility index (Phi) is 19.6. The lowest BCUT2D eigenvalue weighted by atomic mass is 9.93. The predicted octanol–water partition coefficient (Wildman–Crippen LogP) is -5.67. The summed E-state index contributed by atoms with van der Waals surface area (Å²) in [6, 6.07) is 0. The molecule has 13 heteroatoms. The van der Waals surface area contributed by atoms with Gasteiger partial charge in [-0.15, -0.1) is 0 Å². The first kappa shape index (κ1) is 27.4. The molecule has 0 aliphatic carbocycles. The largest absolute Gasteiger partial charge is 0.662 e.